The number of furan rings is 1. The molecule has 1 heterocycles. The lowest BCUT2D eigenvalue weighted by Gasteiger charge is -2.04. The molecule has 0 amide bonds. The van der Waals surface area contributed by atoms with E-state index in [0.29, 0.717) is 12.5 Å². The molecular formula is C14H19NO2. The van der Waals surface area contributed by atoms with E-state index in [-0.39, 0.29) is 0 Å². The first-order chi connectivity index (χ1) is 8.17. The molecule has 3 heteroatoms. The van der Waals surface area contributed by atoms with E-state index in [1.165, 1.54) is 5.56 Å². The van der Waals surface area contributed by atoms with Gasteiger partial charge in [0.25, 0.3) is 0 Å². The van der Waals surface area contributed by atoms with Gasteiger partial charge in [0.2, 0.25) is 0 Å². The van der Waals surface area contributed by atoms with Gasteiger partial charge in [-0.15, -0.1) is 0 Å². The predicted molar refractivity (Wildman–Crippen MR) is 69.2 cm³/mol. The Morgan fingerprint density at radius 3 is 2.71 bits per heavy atom. The molecule has 3 nitrogen and oxygen atoms in total. The summed E-state index contributed by atoms with van der Waals surface area (Å²) in [6, 6.07) is 5.96. The molecule has 0 bridgehead atoms. The lowest BCUT2D eigenvalue weighted by atomic mass is 10.00. The summed E-state index contributed by atoms with van der Waals surface area (Å²) in [4.78, 5) is 0. The highest BCUT2D eigenvalue weighted by Gasteiger charge is 2.16. The normalized spacial score (nSPS) is 11.4. The Morgan fingerprint density at radius 1 is 1.35 bits per heavy atom. The first kappa shape index (κ1) is 12.0. The van der Waals surface area contributed by atoms with Crippen molar-refractivity contribution in [2.75, 3.05) is 7.11 Å². The van der Waals surface area contributed by atoms with Crippen LogP contribution < -0.4 is 10.5 Å². The average molecular weight is 233 g/mol. The molecule has 0 saturated carbocycles. The summed E-state index contributed by atoms with van der Waals surface area (Å²) < 4.78 is 11.1. The van der Waals surface area contributed by atoms with Crippen molar-refractivity contribution >= 4 is 11.0 Å². The zero-order valence-corrected chi connectivity index (χ0v) is 10.6. The Morgan fingerprint density at radius 2 is 2.12 bits per heavy atom. The van der Waals surface area contributed by atoms with Gasteiger partial charge >= 0.3 is 0 Å². The summed E-state index contributed by atoms with van der Waals surface area (Å²) in [5.74, 6) is 2.22. The van der Waals surface area contributed by atoms with Gasteiger partial charge in [-0.05, 0) is 18.4 Å². The second kappa shape index (κ2) is 4.80. The van der Waals surface area contributed by atoms with Gasteiger partial charge in [-0.3, -0.25) is 0 Å². The number of fused-ring (bicyclic) bond motifs is 1. The van der Waals surface area contributed by atoms with E-state index in [1.807, 2.05) is 12.1 Å². The fourth-order valence-corrected chi connectivity index (χ4v) is 2.15. The summed E-state index contributed by atoms with van der Waals surface area (Å²) in [7, 11) is 1.65. The molecule has 0 aliphatic rings. The van der Waals surface area contributed by atoms with E-state index in [4.69, 9.17) is 14.9 Å². The Labute approximate surface area is 102 Å². The van der Waals surface area contributed by atoms with Gasteiger partial charge in [-0.1, -0.05) is 26.0 Å². The Hall–Kier alpha value is -1.48. The molecular weight excluding hydrogens is 214 g/mol. The van der Waals surface area contributed by atoms with Gasteiger partial charge in [0.15, 0.2) is 11.3 Å². The molecule has 0 radical (unpaired) electrons. The first-order valence-electron chi connectivity index (χ1n) is 5.94. The van der Waals surface area contributed by atoms with Crippen LogP contribution in [0.1, 0.15) is 25.2 Å². The van der Waals surface area contributed by atoms with Crippen LogP contribution in [0.25, 0.3) is 11.0 Å². The third kappa shape index (κ3) is 2.15. The minimum Gasteiger partial charge on any atom is -0.493 e. The molecule has 1 aromatic heterocycles. The van der Waals surface area contributed by atoms with Crippen molar-refractivity contribution in [2.24, 2.45) is 11.7 Å². The molecule has 2 N–H and O–H groups in total. The predicted octanol–water partition coefficient (Wildman–Crippen LogP) is 3.10. The average Bonchev–Trinajstić information content (AvgIpc) is 2.66. The smallest absolute Gasteiger partial charge is 0.176 e. The van der Waals surface area contributed by atoms with Crippen molar-refractivity contribution in [3.05, 3.63) is 29.5 Å². The Bertz CT molecular complexity index is 514. The fraction of sp³-hybridized carbons (Fsp3) is 0.429. The minimum absolute atomic E-state index is 0.430. The molecule has 0 spiro atoms. The second-order valence-electron chi connectivity index (χ2n) is 4.64. The summed E-state index contributed by atoms with van der Waals surface area (Å²) in [5, 5.41) is 1.12. The number of hydrogen-bond acceptors (Lipinski definition) is 3. The lowest BCUT2D eigenvalue weighted by Crippen LogP contribution is -2.01. The first-order valence-corrected chi connectivity index (χ1v) is 5.94. The maximum atomic E-state index is 5.82. The van der Waals surface area contributed by atoms with E-state index in [2.05, 4.69) is 19.9 Å². The third-order valence-electron chi connectivity index (χ3n) is 2.88. The molecule has 17 heavy (non-hydrogen) atoms. The van der Waals surface area contributed by atoms with Crippen LogP contribution >= 0.6 is 0 Å². The van der Waals surface area contributed by atoms with Crippen LogP contribution in [-0.4, -0.2) is 7.11 Å². The monoisotopic (exact) mass is 233 g/mol. The lowest BCUT2D eigenvalue weighted by molar-refractivity contribution is 0.407. The molecule has 0 fully saturated rings. The summed E-state index contributed by atoms with van der Waals surface area (Å²) in [6.07, 6.45) is 0.979. The standard InChI is InChI=1S/C14H19NO2/c1-9(2)7-11-10-5-4-6-12(16-3)14(10)17-13(11)8-15/h4-6,9H,7-8,15H2,1-3H3. The van der Waals surface area contributed by atoms with Crippen LogP contribution in [0.2, 0.25) is 0 Å². The van der Waals surface area contributed by atoms with Crippen molar-refractivity contribution in [3.8, 4) is 5.75 Å². The quantitative estimate of drug-likeness (QED) is 0.882. The highest BCUT2D eigenvalue weighted by Crippen LogP contribution is 2.33. The summed E-state index contributed by atoms with van der Waals surface area (Å²) in [6.45, 7) is 4.82. The number of benzene rings is 1. The molecule has 92 valence electrons. The van der Waals surface area contributed by atoms with Crippen LogP contribution in [0.15, 0.2) is 22.6 Å². The topological polar surface area (TPSA) is 48.4 Å². The van der Waals surface area contributed by atoms with Crippen molar-refractivity contribution in [1.29, 1.82) is 0 Å². The highest BCUT2D eigenvalue weighted by molar-refractivity contribution is 5.87. The number of hydrogen-bond donors (Lipinski definition) is 1. The maximum absolute atomic E-state index is 5.82. The van der Waals surface area contributed by atoms with E-state index in [0.717, 1.165) is 28.9 Å². The zero-order chi connectivity index (χ0) is 12.4. The van der Waals surface area contributed by atoms with Crippen molar-refractivity contribution in [3.63, 3.8) is 0 Å². The third-order valence-corrected chi connectivity index (χ3v) is 2.88. The van der Waals surface area contributed by atoms with Gasteiger partial charge in [0.05, 0.1) is 13.7 Å². The zero-order valence-electron chi connectivity index (χ0n) is 10.6. The van der Waals surface area contributed by atoms with Gasteiger partial charge in [-0.2, -0.15) is 0 Å². The maximum Gasteiger partial charge on any atom is 0.176 e. The summed E-state index contributed by atoms with van der Waals surface area (Å²) >= 11 is 0. The van der Waals surface area contributed by atoms with E-state index in [9.17, 15) is 0 Å². The molecule has 0 aliphatic carbocycles. The van der Waals surface area contributed by atoms with Gasteiger partial charge in [-0.25, -0.2) is 0 Å². The number of nitrogens with two attached hydrogens (primary N) is 1. The van der Waals surface area contributed by atoms with Crippen molar-refractivity contribution in [1.82, 2.24) is 0 Å². The Balaban J connectivity index is 2.63. The molecule has 1 aromatic carbocycles. The van der Waals surface area contributed by atoms with E-state index in [1.54, 1.807) is 7.11 Å². The van der Waals surface area contributed by atoms with Crippen LogP contribution in [0.5, 0.6) is 5.75 Å². The summed E-state index contributed by atoms with van der Waals surface area (Å²) in [5.41, 5.74) is 7.78. The van der Waals surface area contributed by atoms with Crippen LogP contribution in [0, 0.1) is 5.92 Å². The number of ether oxygens (including phenoxy) is 1. The van der Waals surface area contributed by atoms with E-state index < -0.39 is 0 Å². The SMILES string of the molecule is COc1cccc2c(CC(C)C)c(CN)oc12. The fourth-order valence-electron chi connectivity index (χ4n) is 2.15. The molecule has 0 atom stereocenters. The van der Waals surface area contributed by atoms with E-state index >= 15 is 0 Å². The van der Waals surface area contributed by atoms with Crippen molar-refractivity contribution < 1.29 is 9.15 Å². The molecule has 2 aromatic rings. The minimum atomic E-state index is 0.430. The molecule has 0 aliphatic heterocycles. The van der Waals surface area contributed by atoms with Crippen LogP contribution in [0.3, 0.4) is 0 Å². The second-order valence-corrected chi connectivity index (χ2v) is 4.64. The largest absolute Gasteiger partial charge is 0.493 e. The number of rotatable bonds is 4. The van der Waals surface area contributed by atoms with Crippen molar-refractivity contribution in [2.45, 2.75) is 26.8 Å². The van der Waals surface area contributed by atoms with Crippen LogP contribution in [-0.2, 0) is 13.0 Å². The van der Waals surface area contributed by atoms with Gasteiger partial charge in [0, 0.05) is 10.9 Å². The van der Waals surface area contributed by atoms with Gasteiger partial charge < -0.3 is 14.9 Å². The Kier molecular flexibility index (Phi) is 3.38. The highest BCUT2D eigenvalue weighted by atomic mass is 16.5. The van der Waals surface area contributed by atoms with Crippen LogP contribution in [0.4, 0.5) is 0 Å². The number of para-hydroxylation sites is 1. The molecule has 0 unspecified atom stereocenters. The molecule has 2 rings (SSSR count). The number of methoxy groups -OCH3 is 1. The molecule has 0 saturated heterocycles. The van der Waals surface area contributed by atoms with Gasteiger partial charge in [0.1, 0.15) is 5.76 Å².